The zero-order valence-corrected chi connectivity index (χ0v) is 13.3. The van der Waals surface area contributed by atoms with Crippen LogP contribution >= 0.6 is 27.5 Å². The van der Waals surface area contributed by atoms with E-state index in [1.54, 1.807) is 0 Å². The number of hydrogen-bond acceptors (Lipinski definition) is 3. The Morgan fingerprint density at radius 2 is 2.05 bits per heavy atom. The number of morpholine rings is 1. The Hall–Kier alpha value is -0.130. The lowest BCUT2D eigenvalue weighted by Gasteiger charge is -2.26. The van der Waals surface area contributed by atoms with Gasteiger partial charge in [0.2, 0.25) is 0 Å². The Bertz CT molecular complexity index is 377. The maximum atomic E-state index is 6.02. The molecule has 1 aliphatic heterocycles. The van der Waals surface area contributed by atoms with E-state index in [2.05, 4.69) is 32.2 Å². The molecule has 0 aliphatic carbocycles. The molecular weight excluding hydrogens is 328 g/mol. The fourth-order valence-corrected chi connectivity index (χ4v) is 3.13. The predicted molar refractivity (Wildman–Crippen MR) is 82.7 cm³/mol. The number of hydrogen-bond donors (Lipinski definition) is 1. The lowest BCUT2D eigenvalue weighted by atomic mass is 10.2. The van der Waals surface area contributed by atoms with Crippen LogP contribution in [0.1, 0.15) is 12.0 Å². The van der Waals surface area contributed by atoms with Gasteiger partial charge in [-0.1, -0.05) is 27.5 Å². The summed E-state index contributed by atoms with van der Waals surface area (Å²) in [6.45, 7) is 6.94. The van der Waals surface area contributed by atoms with Crippen molar-refractivity contribution in [3.8, 4) is 0 Å². The first-order chi connectivity index (χ1) is 9.24. The Labute approximate surface area is 128 Å². The van der Waals surface area contributed by atoms with Crippen molar-refractivity contribution < 1.29 is 4.74 Å². The second-order valence-corrected chi connectivity index (χ2v) is 6.11. The SMILES string of the molecule is Clc1cc(Br)cc(CNCCCN2CCOCC2)c1. The summed E-state index contributed by atoms with van der Waals surface area (Å²) < 4.78 is 6.37. The molecule has 1 fully saturated rings. The van der Waals surface area contributed by atoms with Gasteiger partial charge in [0.25, 0.3) is 0 Å². The zero-order chi connectivity index (χ0) is 13.5. The Balaban J connectivity index is 1.60. The third-order valence-corrected chi connectivity index (χ3v) is 3.86. The van der Waals surface area contributed by atoms with Gasteiger partial charge < -0.3 is 10.1 Å². The van der Waals surface area contributed by atoms with Crippen molar-refractivity contribution in [1.82, 2.24) is 10.2 Å². The molecule has 0 spiro atoms. The Morgan fingerprint density at radius 3 is 2.79 bits per heavy atom. The molecule has 1 N–H and O–H groups in total. The molecule has 0 aromatic heterocycles. The van der Waals surface area contributed by atoms with Gasteiger partial charge in [-0.3, -0.25) is 4.90 Å². The van der Waals surface area contributed by atoms with Gasteiger partial charge in [0.1, 0.15) is 0 Å². The first-order valence-electron chi connectivity index (χ1n) is 6.70. The molecule has 1 aliphatic rings. The molecule has 0 radical (unpaired) electrons. The predicted octanol–water partition coefficient (Wildman–Crippen LogP) is 2.91. The van der Waals surface area contributed by atoms with Crippen molar-refractivity contribution >= 4 is 27.5 Å². The molecule has 0 atom stereocenters. The molecule has 0 amide bonds. The van der Waals surface area contributed by atoms with Gasteiger partial charge in [-0.25, -0.2) is 0 Å². The van der Waals surface area contributed by atoms with E-state index < -0.39 is 0 Å². The molecule has 1 saturated heterocycles. The van der Waals surface area contributed by atoms with Crippen LogP contribution in [0.15, 0.2) is 22.7 Å². The lowest BCUT2D eigenvalue weighted by molar-refractivity contribution is 0.0374. The van der Waals surface area contributed by atoms with E-state index in [9.17, 15) is 0 Å². The quantitative estimate of drug-likeness (QED) is 0.801. The number of benzene rings is 1. The summed E-state index contributed by atoms with van der Waals surface area (Å²) in [5, 5.41) is 4.24. The molecule has 0 saturated carbocycles. The van der Waals surface area contributed by atoms with Crippen LogP contribution in [-0.4, -0.2) is 44.3 Å². The molecule has 5 heteroatoms. The van der Waals surface area contributed by atoms with Crippen LogP contribution in [0, 0.1) is 0 Å². The number of rotatable bonds is 6. The van der Waals surface area contributed by atoms with Crippen LogP contribution in [0.2, 0.25) is 5.02 Å². The van der Waals surface area contributed by atoms with Gasteiger partial charge in [-0.15, -0.1) is 0 Å². The van der Waals surface area contributed by atoms with E-state index >= 15 is 0 Å². The largest absolute Gasteiger partial charge is 0.379 e. The van der Waals surface area contributed by atoms with Crippen molar-refractivity contribution in [3.63, 3.8) is 0 Å². The van der Waals surface area contributed by atoms with Gasteiger partial charge in [0.05, 0.1) is 13.2 Å². The third kappa shape index (κ3) is 5.79. The molecule has 3 nitrogen and oxygen atoms in total. The molecular formula is C14H20BrClN2O. The summed E-state index contributed by atoms with van der Waals surface area (Å²) in [6.07, 6.45) is 1.17. The summed E-state index contributed by atoms with van der Waals surface area (Å²) in [5.41, 5.74) is 1.21. The number of ether oxygens (including phenoxy) is 1. The number of nitrogens with zero attached hydrogens (tertiary/aromatic N) is 1. The normalized spacial score (nSPS) is 16.7. The van der Waals surface area contributed by atoms with Crippen LogP contribution in [-0.2, 0) is 11.3 Å². The van der Waals surface area contributed by atoms with Crippen LogP contribution in [0.5, 0.6) is 0 Å². The fourth-order valence-electron chi connectivity index (χ4n) is 2.20. The zero-order valence-electron chi connectivity index (χ0n) is 11.0. The van der Waals surface area contributed by atoms with Crippen molar-refractivity contribution in [2.45, 2.75) is 13.0 Å². The van der Waals surface area contributed by atoms with Crippen molar-refractivity contribution in [1.29, 1.82) is 0 Å². The van der Waals surface area contributed by atoms with E-state index in [0.29, 0.717) is 0 Å². The topological polar surface area (TPSA) is 24.5 Å². The van der Waals surface area contributed by atoms with Crippen LogP contribution in [0.3, 0.4) is 0 Å². The van der Waals surface area contributed by atoms with E-state index in [4.69, 9.17) is 16.3 Å². The molecule has 106 valence electrons. The summed E-state index contributed by atoms with van der Waals surface area (Å²) >= 11 is 9.47. The number of nitrogens with one attached hydrogen (secondary N) is 1. The molecule has 19 heavy (non-hydrogen) atoms. The van der Waals surface area contributed by atoms with Gasteiger partial charge >= 0.3 is 0 Å². The van der Waals surface area contributed by atoms with E-state index in [0.717, 1.165) is 55.4 Å². The van der Waals surface area contributed by atoms with Crippen molar-refractivity contribution in [3.05, 3.63) is 33.3 Å². The Kier molecular flexibility index (Phi) is 6.61. The van der Waals surface area contributed by atoms with E-state index in [1.165, 1.54) is 12.0 Å². The van der Waals surface area contributed by atoms with E-state index in [-0.39, 0.29) is 0 Å². The maximum Gasteiger partial charge on any atom is 0.0594 e. The molecule has 1 heterocycles. The fraction of sp³-hybridized carbons (Fsp3) is 0.571. The minimum atomic E-state index is 0.777. The van der Waals surface area contributed by atoms with Gasteiger partial charge in [0, 0.05) is 29.1 Å². The number of halogens is 2. The van der Waals surface area contributed by atoms with Crippen LogP contribution in [0.25, 0.3) is 0 Å². The first-order valence-corrected chi connectivity index (χ1v) is 7.87. The van der Waals surface area contributed by atoms with Gasteiger partial charge in [-0.2, -0.15) is 0 Å². The maximum absolute atomic E-state index is 6.02. The highest BCUT2D eigenvalue weighted by molar-refractivity contribution is 9.10. The highest BCUT2D eigenvalue weighted by Crippen LogP contribution is 2.19. The smallest absolute Gasteiger partial charge is 0.0594 e. The van der Waals surface area contributed by atoms with Gasteiger partial charge in [0.15, 0.2) is 0 Å². The molecule has 0 unspecified atom stereocenters. The highest BCUT2D eigenvalue weighted by atomic mass is 79.9. The molecule has 0 bridgehead atoms. The minimum Gasteiger partial charge on any atom is -0.379 e. The second kappa shape index (κ2) is 8.22. The minimum absolute atomic E-state index is 0.777. The summed E-state index contributed by atoms with van der Waals surface area (Å²) in [4.78, 5) is 2.46. The monoisotopic (exact) mass is 346 g/mol. The second-order valence-electron chi connectivity index (χ2n) is 4.76. The summed E-state index contributed by atoms with van der Waals surface area (Å²) in [5.74, 6) is 0. The summed E-state index contributed by atoms with van der Waals surface area (Å²) in [7, 11) is 0. The Morgan fingerprint density at radius 1 is 1.26 bits per heavy atom. The highest BCUT2D eigenvalue weighted by Gasteiger charge is 2.08. The first kappa shape index (κ1) is 15.3. The average Bonchev–Trinajstić information content (AvgIpc) is 2.38. The van der Waals surface area contributed by atoms with Crippen LogP contribution in [0.4, 0.5) is 0 Å². The summed E-state index contributed by atoms with van der Waals surface area (Å²) in [6, 6.07) is 6.01. The standard InChI is InChI=1S/C14H20BrClN2O/c15-13-8-12(9-14(16)10-13)11-17-2-1-3-18-4-6-19-7-5-18/h8-10,17H,1-7,11H2. The van der Waals surface area contributed by atoms with Crippen LogP contribution < -0.4 is 5.32 Å². The third-order valence-electron chi connectivity index (χ3n) is 3.18. The molecule has 1 aromatic rings. The van der Waals surface area contributed by atoms with Crippen molar-refractivity contribution in [2.75, 3.05) is 39.4 Å². The average molecular weight is 348 g/mol. The lowest BCUT2D eigenvalue weighted by Crippen LogP contribution is -2.37. The van der Waals surface area contributed by atoms with Crippen molar-refractivity contribution in [2.24, 2.45) is 0 Å². The molecule has 2 rings (SSSR count). The van der Waals surface area contributed by atoms with Gasteiger partial charge in [-0.05, 0) is 43.3 Å². The molecule has 1 aromatic carbocycles. The van der Waals surface area contributed by atoms with E-state index in [1.807, 2.05) is 12.1 Å².